The first kappa shape index (κ1) is 15.0. The molecule has 0 aromatic heterocycles. The maximum absolute atomic E-state index is 12.0. The predicted molar refractivity (Wildman–Crippen MR) is 79.6 cm³/mol. The Balaban J connectivity index is 2.01. The van der Waals surface area contributed by atoms with Crippen molar-refractivity contribution in [3.8, 4) is 0 Å². The minimum absolute atomic E-state index is 0.0561. The second-order valence-corrected chi connectivity index (χ2v) is 5.51. The third kappa shape index (κ3) is 3.82. The second-order valence-electron chi connectivity index (χ2n) is 4.60. The number of amides is 1. The molecule has 2 atom stereocenters. The molecule has 0 fully saturated rings. The summed E-state index contributed by atoms with van der Waals surface area (Å²) in [5, 5.41) is 2.82. The van der Waals surface area contributed by atoms with Crippen molar-refractivity contribution in [1.82, 2.24) is 10.8 Å². The van der Waals surface area contributed by atoms with Gasteiger partial charge in [0.05, 0.1) is 12.3 Å². The molecule has 1 aromatic rings. The Labute approximate surface area is 126 Å². The largest absolute Gasteiger partial charge is 0.383 e. The Hall–Kier alpha value is -1.37. The standard InChI is InChI=1S/C14H17BrN2O3/c1-9(8-19-2)16-14(18)13-7-12(17-20-13)10-4-3-5-11(15)6-10/h3-7,9,13,17H,8H2,1-2H3,(H,16,18)/t9-,13-/m1/s1. The zero-order valence-electron chi connectivity index (χ0n) is 11.4. The Kier molecular flexibility index (Phi) is 5.17. The normalized spacial score (nSPS) is 19.1. The molecule has 0 radical (unpaired) electrons. The van der Waals surface area contributed by atoms with Crippen molar-refractivity contribution in [3.63, 3.8) is 0 Å². The summed E-state index contributed by atoms with van der Waals surface area (Å²) in [7, 11) is 1.60. The highest BCUT2D eigenvalue weighted by molar-refractivity contribution is 9.10. The zero-order valence-corrected chi connectivity index (χ0v) is 12.9. The van der Waals surface area contributed by atoms with E-state index in [4.69, 9.17) is 9.57 Å². The van der Waals surface area contributed by atoms with E-state index in [0.29, 0.717) is 6.61 Å². The maximum Gasteiger partial charge on any atom is 0.256 e. The van der Waals surface area contributed by atoms with E-state index in [0.717, 1.165) is 15.7 Å². The van der Waals surface area contributed by atoms with Crippen LogP contribution < -0.4 is 10.8 Å². The van der Waals surface area contributed by atoms with Gasteiger partial charge in [0.1, 0.15) is 0 Å². The van der Waals surface area contributed by atoms with E-state index in [9.17, 15) is 4.79 Å². The highest BCUT2D eigenvalue weighted by atomic mass is 79.9. The van der Waals surface area contributed by atoms with Crippen LogP contribution in [0.2, 0.25) is 0 Å². The topological polar surface area (TPSA) is 59.6 Å². The predicted octanol–water partition coefficient (Wildman–Crippen LogP) is 1.84. The van der Waals surface area contributed by atoms with Crippen LogP contribution in [0.3, 0.4) is 0 Å². The quantitative estimate of drug-likeness (QED) is 0.858. The van der Waals surface area contributed by atoms with Gasteiger partial charge in [0.25, 0.3) is 5.91 Å². The van der Waals surface area contributed by atoms with E-state index < -0.39 is 6.10 Å². The molecule has 5 nitrogen and oxygen atoms in total. The Morgan fingerprint density at radius 1 is 1.60 bits per heavy atom. The third-order valence-corrected chi connectivity index (χ3v) is 3.31. The minimum atomic E-state index is -0.636. The number of nitrogens with one attached hydrogen (secondary N) is 2. The smallest absolute Gasteiger partial charge is 0.256 e. The van der Waals surface area contributed by atoms with E-state index in [1.54, 1.807) is 13.2 Å². The number of hydroxylamine groups is 1. The number of rotatable bonds is 5. The molecule has 1 aliphatic rings. The average Bonchev–Trinajstić information content (AvgIpc) is 2.88. The van der Waals surface area contributed by atoms with Crippen molar-refractivity contribution >= 4 is 27.5 Å². The lowest BCUT2D eigenvalue weighted by Crippen LogP contribution is -2.42. The fraction of sp³-hybridized carbons (Fsp3) is 0.357. The van der Waals surface area contributed by atoms with Crippen LogP contribution in [0, 0.1) is 0 Å². The van der Waals surface area contributed by atoms with Crippen LogP contribution >= 0.6 is 15.9 Å². The summed E-state index contributed by atoms with van der Waals surface area (Å²) < 4.78 is 5.95. The molecule has 20 heavy (non-hydrogen) atoms. The van der Waals surface area contributed by atoms with Gasteiger partial charge in [-0.15, -0.1) is 0 Å². The van der Waals surface area contributed by atoms with Gasteiger partial charge in [-0.3, -0.25) is 15.1 Å². The molecule has 0 bridgehead atoms. The number of carbonyl (C=O) groups is 1. The fourth-order valence-electron chi connectivity index (χ4n) is 1.90. The van der Waals surface area contributed by atoms with Gasteiger partial charge in [-0.05, 0) is 25.1 Å². The second kappa shape index (κ2) is 6.88. The first-order valence-electron chi connectivity index (χ1n) is 6.29. The van der Waals surface area contributed by atoms with Gasteiger partial charge >= 0.3 is 0 Å². The Morgan fingerprint density at radius 3 is 3.10 bits per heavy atom. The fourth-order valence-corrected chi connectivity index (χ4v) is 2.30. The number of carbonyl (C=O) groups excluding carboxylic acids is 1. The van der Waals surface area contributed by atoms with Crippen LogP contribution in [0.25, 0.3) is 5.70 Å². The van der Waals surface area contributed by atoms with Crippen LogP contribution in [-0.2, 0) is 14.4 Å². The monoisotopic (exact) mass is 340 g/mol. The molecule has 0 saturated heterocycles. The summed E-state index contributed by atoms with van der Waals surface area (Å²) in [6.07, 6.45) is 1.12. The molecule has 0 spiro atoms. The maximum atomic E-state index is 12.0. The van der Waals surface area contributed by atoms with Crippen molar-refractivity contribution in [2.45, 2.75) is 19.1 Å². The Morgan fingerprint density at radius 2 is 2.40 bits per heavy atom. The Bertz CT molecular complexity index is 519. The number of benzene rings is 1. The summed E-state index contributed by atoms with van der Waals surface area (Å²) >= 11 is 3.41. The van der Waals surface area contributed by atoms with Crippen LogP contribution in [0.4, 0.5) is 0 Å². The first-order valence-corrected chi connectivity index (χ1v) is 7.08. The molecule has 1 heterocycles. The SMILES string of the molecule is COC[C@@H](C)NC(=O)[C@H]1C=C(c2cccc(Br)c2)NO1. The molecule has 2 rings (SSSR count). The molecule has 1 amide bonds. The van der Waals surface area contributed by atoms with Gasteiger partial charge in [0, 0.05) is 23.2 Å². The number of hydrogen-bond acceptors (Lipinski definition) is 4. The van der Waals surface area contributed by atoms with E-state index in [-0.39, 0.29) is 11.9 Å². The number of methoxy groups -OCH3 is 1. The molecule has 1 aromatic carbocycles. The van der Waals surface area contributed by atoms with Crippen LogP contribution in [0.1, 0.15) is 12.5 Å². The number of ether oxygens (including phenoxy) is 1. The van der Waals surface area contributed by atoms with Gasteiger partial charge in [-0.25, -0.2) is 0 Å². The molecule has 2 N–H and O–H groups in total. The van der Waals surface area contributed by atoms with Crippen molar-refractivity contribution in [2.24, 2.45) is 0 Å². The van der Waals surface area contributed by atoms with Crippen molar-refractivity contribution in [3.05, 3.63) is 40.4 Å². The van der Waals surface area contributed by atoms with E-state index in [2.05, 4.69) is 26.7 Å². The minimum Gasteiger partial charge on any atom is -0.383 e. The molecule has 1 aliphatic heterocycles. The third-order valence-electron chi connectivity index (χ3n) is 2.81. The summed E-state index contributed by atoms with van der Waals surface area (Å²) in [4.78, 5) is 17.3. The van der Waals surface area contributed by atoms with Crippen molar-refractivity contribution in [1.29, 1.82) is 0 Å². The van der Waals surface area contributed by atoms with Crippen molar-refractivity contribution < 1.29 is 14.4 Å². The summed E-state index contributed by atoms with van der Waals surface area (Å²) in [5.74, 6) is -0.188. The van der Waals surface area contributed by atoms with Crippen LogP contribution in [-0.4, -0.2) is 31.8 Å². The van der Waals surface area contributed by atoms with Crippen molar-refractivity contribution in [2.75, 3.05) is 13.7 Å². The first-order chi connectivity index (χ1) is 9.60. The lowest BCUT2D eigenvalue weighted by atomic mass is 10.1. The van der Waals surface area contributed by atoms with E-state index in [1.165, 1.54) is 0 Å². The molecular formula is C14H17BrN2O3. The lowest BCUT2D eigenvalue weighted by molar-refractivity contribution is -0.132. The number of halogens is 1. The van der Waals surface area contributed by atoms with E-state index >= 15 is 0 Å². The molecule has 0 saturated carbocycles. The van der Waals surface area contributed by atoms with Gasteiger partial charge in [-0.1, -0.05) is 28.1 Å². The molecule has 0 unspecified atom stereocenters. The van der Waals surface area contributed by atoms with Gasteiger partial charge < -0.3 is 10.1 Å². The summed E-state index contributed by atoms with van der Waals surface area (Å²) in [6, 6.07) is 7.71. The van der Waals surface area contributed by atoms with Gasteiger partial charge in [0.2, 0.25) is 0 Å². The number of hydrogen-bond donors (Lipinski definition) is 2. The molecule has 0 aliphatic carbocycles. The molecule has 6 heteroatoms. The highest BCUT2D eigenvalue weighted by Crippen LogP contribution is 2.21. The summed E-state index contributed by atoms with van der Waals surface area (Å²) in [6.45, 7) is 2.34. The van der Waals surface area contributed by atoms with Crippen LogP contribution in [0.15, 0.2) is 34.8 Å². The highest BCUT2D eigenvalue weighted by Gasteiger charge is 2.25. The summed E-state index contributed by atoms with van der Waals surface area (Å²) in [5.41, 5.74) is 4.53. The molecular weight excluding hydrogens is 324 g/mol. The van der Waals surface area contributed by atoms with Gasteiger partial charge in [-0.2, -0.15) is 0 Å². The van der Waals surface area contributed by atoms with E-state index in [1.807, 2.05) is 31.2 Å². The zero-order chi connectivity index (χ0) is 14.5. The van der Waals surface area contributed by atoms with Gasteiger partial charge in [0.15, 0.2) is 6.10 Å². The lowest BCUT2D eigenvalue weighted by Gasteiger charge is -2.14. The van der Waals surface area contributed by atoms with Crippen LogP contribution in [0.5, 0.6) is 0 Å². The average molecular weight is 341 g/mol. The molecule has 108 valence electrons.